The summed E-state index contributed by atoms with van der Waals surface area (Å²) in [4.78, 5) is 23.5. The first-order valence-corrected chi connectivity index (χ1v) is 10.9. The van der Waals surface area contributed by atoms with Gasteiger partial charge in [0.15, 0.2) is 0 Å². The molecule has 0 radical (unpaired) electrons. The van der Waals surface area contributed by atoms with Gasteiger partial charge in [-0.05, 0) is 86.4 Å². The molecular weight excluding hydrogens is 324 g/mol. The summed E-state index contributed by atoms with van der Waals surface area (Å²) in [5, 5.41) is 0. The number of ketones is 1. The van der Waals surface area contributed by atoms with Gasteiger partial charge in [0.25, 0.3) is 0 Å². The van der Waals surface area contributed by atoms with Gasteiger partial charge in [-0.25, -0.2) is 0 Å². The Bertz CT molecular complexity index is 598. The lowest BCUT2D eigenvalue weighted by atomic mass is 9.44. The molecule has 0 aromatic heterocycles. The minimum Gasteiger partial charge on any atom is -0.463 e. The first kappa shape index (κ1) is 18.5. The van der Waals surface area contributed by atoms with E-state index < -0.39 is 0 Å². The molecule has 0 aromatic rings. The molecule has 4 aliphatic carbocycles. The van der Waals surface area contributed by atoms with E-state index in [0.717, 1.165) is 37.0 Å². The molecule has 0 aliphatic heterocycles. The van der Waals surface area contributed by atoms with Crippen molar-refractivity contribution in [3.63, 3.8) is 0 Å². The highest BCUT2D eigenvalue weighted by molar-refractivity contribution is 5.79. The van der Waals surface area contributed by atoms with E-state index in [9.17, 15) is 9.59 Å². The fourth-order valence-electron chi connectivity index (χ4n) is 8.20. The van der Waals surface area contributed by atoms with Gasteiger partial charge in [-0.15, -0.1) is 0 Å². The van der Waals surface area contributed by atoms with Crippen molar-refractivity contribution in [2.24, 2.45) is 40.4 Å². The molecule has 0 saturated heterocycles. The van der Waals surface area contributed by atoms with Crippen LogP contribution in [-0.2, 0) is 14.3 Å². The average molecular weight is 361 g/mol. The normalized spacial score (nSPS) is 48.9. The predicted molar refractivity (Wildman–Crippen MR) is 101 cm³/mol. The lowest BCUT2D eigenvalue weighted by Crippen LogP contribution is -2.54. The smallest absolute Gasteiger partial charge is 0.302 e. The number of carbonyl (C=O) groups excluding carboxylic acids is 2. The van der Waals surface area contributed by atoms with Crippen molar-refractivity contribution in [2.45, 2.75) is 91.6 Å². The highest BCUT2D eigenvalue weighted by Crippen LogP contribution is 2.67. The maximum atomic E-state index is 12.0. The number of ether oxygens (including phenoxy) is 1. The van der Waals surface area contributed by atoms with Crippen molar-refractivity contribution >= 4 is 11.8 Å². The lowest BCUT2D eigenvalue weighted by molar-refractivity contribution is -0.156. The van der Waals surface area contributed by atoms with E-state index in [2.05, 4.69) is 20.8 Å². The molecule has 3 heteroatoms. The molecule has 146 valence electrons. The Morgan fingerprint density at radius 2 is 1.77 bits per heavy atom. The molecule has 0 N–H and O–H groups in total. The SMILES string of the molecule is CC(=O)O[C@@H](C)[C@H]1CC[C@H]2[C@H]3CC[C@H]4CC(=O)CC[C@]4(C)[C@@H]3CC[C@]12C. The van der Waals surface area contributed by atoms with Gasteiger partial charge in [0.2, 0.25) is 0 Å². The minimum absolute atomic E-state index is 0.0401. The molecule has 8 atom stereocenters. The van der Waals surface area contributed by atoms with Crippen molar-refractivity contribution in [2.75, 3.05) is 0 Å². The molecule has 0 bridgehead atoms. The van der Waals surface area contributed by atoms with Crippen LogP contribution in [0.5, 0.6) is 0 Å². The molecule has 0 unspecified atom stereocenters. The van der Waals surface area contributed by atoms with E-state index >= 15 is 0 Å². The molecule has 4 aliphatic rings. The van der Waals surface area contributed by atoms with Crippen LogP contribution in [0.15, 0.2) is 0 Å². The summed E-state index contributed by atoms with van der Waals surface area (Å²) in [5.41, 5.74) is 0.710. The van der Waals surface area contributed by atoms with E-state index in [1.165, 1.54) is 45.4 Å². The Hall–Kier alpha value is -0.860. The molecule has 26 heavy (non-hydrogen) atoms. The Morgan fingerprint density at radius 3 is 2.50 bits per heavy atom. The fourth-order valence-corrected chi connectivity index (χ4v) is 8.20. The van der Waals surface area contributed by atoms with Crippen LogP contribution < -0.4 is 0 Å². The van der Waals surface area contributed by atoms with Gasteiger partial charge in [0.05, 0.1) is 0 Å². The maximum absolute atomic E-state index is 12.0. The second-order valence-electron chi connectivity index (χ2n) is 10.4. The summed E-state index contributed by atoms with van der Waals surface area (Å²) >= 11 is 0. The molecular formula is C23H36O3. The van der Waals surface area contributed by atoms with E-state index in [1.54, 1.807) is 0 Å². The number of hydrogen-bond donors (Lipinski definition) is 0. The fraction of sp³-hybridized carbons (Fsp3) is 0.913. The third kappa shape index (κ3) is 2.67. The second-order valence-corrected chi connectivity index (χ2v) is 10.4. The van der Waals surface area contributed by atoms with Gasteiger partial charge in [-0.1, -0.05) is 13.8 Å². The third-order valence-corrected chi connectivity index (χ3v) is 9.47. The van der Waals surface area contributed by atoms with Crippen LogP contribution in [0.2, 0.25) is 0 Å². The molecule has 4 rings (SSSR count). The Labute approximate surface area is 158 Å². The van der Waals surface area contributed by atoms with Crippen LogP contribution in [0, 0.1) is 40.4 Å². The van der Waals surface area contributed by atoms with Crippen molar-refractivity contribution < 1.29 is 14.3 Å². The summed E-state index contributed by atoms with van der Waals surface area (Å²) in [6.45, 7) is 8.65. The standard InChI is InChI=1S/C23H36O3/c1-14(26-15(2)24)19-7-8-20-18-6-5-16-13-17(25)9-11-22(16,3)21(18)10-12-23(19,20)4/h14,16,18-21H,5-13H2,1-4H3/t14-,16-,18+,19+,20-,21+,22-,23+/m0/s1. The zero-order chi connectivity index (χ0) is 18.7. The minimum atomic E-state index is -0.141. The van der Waals surface area contributed by atoms with E-state index in [0.29, 0.717) is 28.4 Å². The molecule has 4 fully saturated rings. The average Bonchev–Trinajstić information content (AvgIpc) is 2.92. The topological polar surface area (TPSA) is 43.4 Å². The molecule has 4 saturated carbocycles. The summed E-state index contributed by atoms with van der Waals surface area (Å²) < 4.78 is 5.63. The van der Waals surface area contributed by atoms with Crippen LogP contribution in [0.1, 0.15) is 85.5 Å². The third-order valence-electron chi connectivity index (χ3n) is 9.47. The van der Waals surface area contributed by atoms with E-state index in [1.807, 2.05) is 0 Å². The quantitative estimate of drug-likeness (QED) is 0.638. The Morgan fingerprint density at radius 1 is 1.04 bits per heavy atom. The van der Waals surface area contributed by atoms with Gasteiger partial charge < -0.3 is 4.74 Å². The molecule has 0 aromatic carbocycles. The van der Waals surface area contributed by atoms with Gasteiger partial charge in [-0.3, -0.25) is 9.59 Å². The van der Waals surface area contributed by atoms with Gasteiger partial charge in [0.1, 0.15) is 11.9 Å². The number of hydrogen-bond acceptors (Lipinski definition) is 3. The van der Waals surface area contributed by atoms with Crippen LogP contribution in [0.3, 0.4) is 0 Å². The Kier molecular flexibility index (Phi) is 4.51. The van der Waals surface area contributed by atoms with E-state index in [-0.39, 0.29) is 12.1 Å². The van der Waals surface area contributed by atoms with Gasteiger partial charge in [-0.2, -0.15) is 0 Å². The molecule has 0 spiro atoms. The zero-order valence-corrected chi connectivity index (χ0v) is 17.1. The number of esters is 1. The van der Waals surface area contributed by atoms with Crippen LogP contribution >= 0.6 is 0 Å². The summed E-state index contributed by atoms with van der Waals surface area (Å²) in [7, 11) is 0. The highest BCUT2D eigenvalue weighted by Gasteiger charge is 2.61. The van der Waals surface area contributed by atoms with Gasteiger partial charge in [0, 0.05) is 25.7 Å². The van der Waals surface area contributed by atoms with Crippen LogP contribution in [-0.4, -0.2) is 17.9 Å². The van der Waals surface area contributed by atoms with Gasteiger partial charge >= 0.3 is 5.97 Å². The molecule has 0 heterocycles. The number of Topliss-reactive ketones (excluding diaryl/α,β-unsaturated/α-hetero) is 1. The number of rotatable bonds is 2. The van der Waals surface area contributed by atoms with Crippen LogP contribution in [0.25, 0.3) is 0 Å². The summed E-state index contributed by atoms with van der Waals surface area (Å²) in [5.74, 6) is 3.90. The second kappa shape index (κ2) is 6.34. The lowest BCUT2D eigenvalue weighted by Gasteiger charge is -2.60. The largest absolute Gasteiger partial charge is 0.463 e. The maximum Gasteiger partial charge on any atom is 0.302 e. The highest BCUT2D eigenvalue weighted by atomic mass is 16.5. The Balaban J connectivity index is 1.56. The molecule has 0 amide bonds. The molecule has 3 nitrogen and oxygen atoms in total. The zero-order valence-electron chi connectivity index (χ0n) is 17.1. The van der Waals surface area contributed by atoms with Crippen LogP contribution in [0.4, 0.5) is 0 Å². The van der Waals surface area contributed by atoms with Crippen molar-refractivity contribution in [1.29, 1.82) is 0 Å². The first-order valence-electron chi connectivity index (χ1n) is 10.9. The predicted octanol–water partition coefficient (Wildman–Crippen LogP) is 5.17. The summed E-state index contributed by atoms with van der Waals surface area (Å²) in [6, 6.07) is 0. The van der Waals surface area contributed by atoms with Crippen molar-refractivity contribution in [3.8, 4) is 0 Å². The van der Waals surface area contributed by atoms with E-state index in [4.69, 9.17) is 4.74 Å². The first-order chi connectivity index (χ1) is 12.3. The number of carbonyl (C=O) groups is 2. The monoisotopic (exact) mass is 360 g/mol. The van der Waals surface area contributed by atoms with Crippen molar-refractivity contribution in [1.82, 2.24) is 0 Å². The number of fused-ring (bicyclic) bond motifs is 5. The summed E-state index contributed by atoms with van der Waals surface area (Å²) in [6.07, 6.45) is 10.5. The van der Waals surface area contributed by atoms with Crippen molar-refractivity contribution in [3.05, 3.63) is 0 Å².